The standard InChI is InChI=1S/C16H19F3N4O2/c1-24-12-7-10-11(8-13(12)25-2)22-15(16(17,18)19)23-14(10)21-9-3-5-20-6-4-9/h7-9,20H,3-6H2,1-2H3,(H,21,22,23). The van der Waals surface area contributed by atoms with E-state index in [-0.39, 0.29) is 17.4 Å². The fourth-order valence-corrected chi connectivity index (χ4v) is 2.85. The zero-order valence-corrected chi connectivity index (χ0v) is 13.9. The van der Waals surface area contributed by atoms with Gasteiger partial charge in [-0.1, -0.05) is 0 Å². The Bertz CT molecular complexity index is 761. The van der Waals surface area contributed by atoms with Crippen molar-refractivity contribution in [2.75, 3.05) is 32.6 Å². The van der Waals surface area contributed by atoms with Gasteiger partial charge in [0.25, 0.3) is 0 Å². The normalized spacial score (nSPS) is 16.0. The van der Waals surface area contributed by atoms with E-state index in [1.54, 1.807) is 6.07 Å². The number of aromatic nitrogens is 2. The number of nitrogens with zero attached hydrogens (tertiary/aromatic N) is 2. The fraction of sp³-hybridized carbons (Fsp3) is 0.500. The maximum Gasteiger partial charge on any atom is 0.451 e. The molecule has 0 aliphatic carbocycles. The average molecular weight is 356 g/mol. The van der Waals surface area contributed by atoms with Crippen LogP contribution in [0.4, 0.5) is 19.0 Å². The van der Waals surface area contributed by atoms with E-state index in [0.717, 1.165) is 25.9 Å². The van der Waals surface area contributed by atoms with Gasteiger partial charge in [0.15, 0.2) is 11.5 Å². The van der Waals surface area contributed by atoms with E-state index < -0.39 is 12.0 Å². The van der Waals surface area contributed by atoms with Crippen molar-refractivity contribution < 1.29 is 22.6 Å². The second-order valence-electron chi connectivity index (χ2n) is 5.79. The van der Waals surface area contributed by atoms with Gasteiger partial charge < -0.3 is 20.1 Å². The molecule has 1 aromatic heterocycles. The Balaban J connectivity index is 2.12. The third kappa shape index (κ3) is 3.71. The Labute approximate surface area is 142 Å². The first-order valence-electron chi connectivity index (χ1n) is 7.90. The largest absolute Gasteiger partial charge is 0.493 e. The molecule has 2 N–H and O–H groups in total. The highest BCUT2D eigenvalue weighted by atomic mass is 19.4. The number of rotatable bonds is 4. The molecule has 1 saturated heterocycles. The molecule has 3 rings (SSSR count). The molecule has 136 valence electrons. The summed E-state index contributed by atoms with van der Waals surface area (Å²) >= 11 is 0. The summed E-state index contributed by atoms with van der Waals surface area (Å²) in [5, 5.41) is 6.82. The van der Waals surface area contributed by atoms with E-state index in [2.05, 4.69) is 20.6 Å². The maximum atomic E-state index is 13.2. The number of nitrogens with one attached hydrogen (secondary N) is 2. The highest BCUT2D eigenvalue weighted by Crippen LogP contribution is 2.36. The van der Waals surface area contributed by atoms with Gasteiger partial charge in [-0.15, -0.1) is 0 Å². The number of benzene rings is 1. The Hall–Kier alpha value is -2.29. The minimum Gasteiger partial charge on any atom is -0.493 e. The van der Waals surface area contributed by atoms with E-state index in [0.29, 0.717) is 16.9 Å². The molecule has 0 bridgehead atoms. The second kappa shape index (κ2) is 6.91. The molecule has 2 aromatic rings. The van der Waals surface area contributed by atoms with E-state index in [9.17, 15) is 13.2 Å². The molecule has 0 spiro atoms. The van der Waals surface area contributed by atoms with E-state index >= 15 is 0 Å². The van der Waals surface area contributed by atoms with Crippen LogP contribution < -0.4 is 20.1 Å². The van der Waals surface area contributed by atoms with Crippen LogP contribution >= 0.6 is 0 Å². The van der Waals surface area contributed by atoms with Crippen LogP contribution in [0.25, 0.3) is 10.9 Å². The predicted octanol–water partition coefficient (Wildman–Crippen LogP) is 2.83. The highest BCUT2D eigenvalue weighted by Gasteiger charge is 2.36. The summed E-state index contributed by atoms with van der Waals surface area (Å²) in [4.78, 5) is 7.39. The Morgan fingerprint density at radius 1 is 1.08 bits per heavy atom. The van der Waals surface area contributed by atoms with Crippen molar-refractivity contribution in [3.8, 4) is 11.5 Å². The molecular formula is C16H19F3N4O2. The lowest BCUT2D eigenvalue weighted by Crippen LogP contribution is -2.35. The Morgan fingerprint density at radius 3 is 2.32 bits per heavy atom. The molecule has 1 aromatic carbocycles. The number of hydrogen-bond acceptors (Lipinski definition) is 6. The molecule has 25 heavy (non-hydrogen) atoms. The molecule has 0 saturated carbocycles. The van der Waals surface area contributed by atoms with Gasteiger partial charge in [-0.3, -0.25) is 0 Å². The van der Waals surface area contributed by atoms with Gasteiger partial charge in [0, 0.05) is 17.5 Å². The van der Waals surface area contributed by atoms with E-state index in [1.165, 1.54) is 20.3 Å². The lowest BCUT2D eigenvalue weighted by Gasteiger charge is -2.25. The van der Waals surface area contributed by atoms with Gasteiger partial charge in [-0.2, -0.15) is 13.2 Å². The third-order valence-electron chi connectivity index (χ3n) is 4.13. The van der Waals surface area contributed by atoms with Crippen molar-refractivity contribution in [3.63, 3.8) is 0 Å². The molecule has 1 aliphatic heterocycles. The zero-order chi connectivity index (χ0) is 18.0. The number of piperidine rings is 1. The summed E-state index contributed by atoms with van der Waals surface area (Å²) in [7, 11) is 2.89. The Morgan fingerprint density at radius 2 is 1.72 bits per heavy atom. The van der Waals surface area contributed by atoms with Crippen LogP contribution in [0.5, 0.6) is 11.5 Å². The van der Waals surface area contributed by atoms with Crippen molar-refractivity contribution >= 4 is 16.7 Å². The molecule has 9 heteroatoms. The molecule has 1 aliphatic rings. The summed E-state index contributed by atoms with van der Waals surface area (Å²) in [5.74, 6) is -0.296. The van der Waals surface area contributed by atoms with Crippen LogP contribution in [-0.2, 0) is 6.18 Å². The number of halogens is 3. The molecule has 0 atom stereocenters. The van der Waals surface area contributed by atoms with Crippen LogP contribution in [0.3, 0.4) is 0 Å². The quantitative estimate of drug-likeness (QED) is 0.878. The smallest absolute Gasteiger partial charge is 0.451 e. The van der Waals surface area contributed by atoms with Crippen molar-refractivity contribution in [1.82, 2.24) is 15.3 Å². The van der Waals surface area contributed by atoms with Crippen LogP contribution in [0.2, 0.25) is 0 Å². The number of methoxy groups -OCH3 is 2. The van der Waals surface area contributed by atoms with Crippen LogP contribution in [-0.4, -0.2) is 43.3 Å². The first-order chi connectivity index (χ1) is 11.9. The van der Waals surface area contributed by atoms with Crippen LogP contribution in [0.15, 0.2) is 12.1 Å². The van der Waals surface area contributed by atoms with E-state index in [4.69, 9.17) is 9.47 Å². The Kier molecular flexibility index (Phi) is 4.85. The molecule has 0 unspecified atom stereocenters. The zero-order valence-electron chi connectivity index (χ0n) is 13.9. The molecule has 2 heterocycles. The first-order valence-corrected chi connectivity index (χ1v) is 7.90. The summed E-state index contributed by atoms with van der Waals surface area (Å²) < 4.78 is 50.0. The predicted molar refractivity (Wildman–Crippen MR) is 87.2 cm³/mol. The average Bonchev–Trinajstić information content (AvgIpc) is 2.60. The topological polar surface area (TPSA) is 68.3 Å². The summed E-state index contributed by atoms with van der Waals surface area (Å²) in [6.07, 6.45) is -3.02. The summed E-state index contributed by atoms with van der Waals surface area (Å²) in [6, 6.07) is 3.07. The van der Waals surface area contributed by atoms with Crippen molar-refractivity contribution in [2.24, 2.45) is 0 Å². The monoisotopic (exact) mass is 356 g/mol. The number of hydrogen-bond donors (Lipinski definition) is 2. The SMILES string of the molecule is COc1cc2nc(C(F)(F)F)nc(NC3CCNCC3)c2cc1OC. The molecule has 1 fully saturated rings. The van der Waals surface area contributed by atoms with Gasteiger partial charge in [0.2, 0.25) is 5.82 Å². The lowest BCUT2D eigenvalue weighted by atomic mass is 10.1. The summed E-state index contributed by atoms with van der Waals surface area (Å²) in [5.41, 5.74) is 0.149. The van der Waals surface area contributed by atoms with Gasteiger partial charge in [-0.25, -0.2) is 9.97 Å². The number of anilines is 1. The minimum absolute atomic E-state index is 0.0496. The maximum absolute atomic E-state index is 13.2. The van der Waals surface area contributed by atoms with E-state index in [1.807, 2.05) is 0 Å². The van der Waals surface area contributed by atoms with Gasteiger partial charge in [0.1, 0.15) is 5.82 Å². The van der Waals surface area contributed by atoms with Crippen molar-refractivity contribution in [1.29, 1.82) is 0 Å². The minimum atomic E-state index is -4.63. The van der Waals surface area contributed by atoms with Crippen LogP contribution in [0.1, 0.15) is 18.7 Å². The molecule has 0 amide bonds. The van der Waals surface area contributed by atoms with Crippen molar-refractivity contribution in [2.45, 2.75) is 25.1 Å². The lowest BCUT2D eigenvalue weighted by molar-refractivity contribution is -0.144. The van der Waals surface area contributed by atoms with Crippen molar-refractivity contribution in [3.05, 3.63) is 18.0 Å². The first kappa shape index (κ1) is 17.5. The van der Waals surface area contributed by atoms with Gasteiger partial charge >= 0.3 is 6.18 Å². The third-order valence-corrected chi connectivity index (χ3v) is 4.13. The fourth-order valence-electron chi connectivity index (χ4n) is 2.85. The molecule has 0 radical (unpaired) electrons. The van der Waals surface area contributed by atoms with Crippen LogP contribution in [0, 0.1) is 0 Å². The summed E-state index contributed by atoms with van der Waals surface area (Å²) in [6.45, 7) is 1.62. The number of ether oxygens (including phenoxy) is 2. The molecular weight excluding hydrogens is 337 g/mol. The van der Waals surface area contributed by atoms with Gasteiger partial charge in [-0.05, 0) is 32.0 Å². The highest BCUT2D eigenvalue weighted by molar-refractivity contribution is 5.92. The number of fused-ring (bicyclic) bond motifs is 1. The molecule has 6 nitrogen and oxygen atoms in total. The number of alkyl halides is 3. The van der Waals surface area contributed by atoms with Gasteiger partial charge in [0.05, 0.1) is 19.7 Å². The second-order valence-corrected chi connectivity index (χ2v) is 5.79.